The van der Waals surface area contributed by atoms with Gasteiger partial charge in [0, 0.05) is 5.02 Å². The highest BCUT2D eigenvalue weighted by Gasteiger charge is 2.25. The van der Waals surface area contributed by atoms with Crippen molar-refractivity contribution in [1.29, 1.82) is 0 Å². The van der Waals surface area contributed by atoms with Crippen LogP contribution in [0.15, 0.2) is 24.3 Å². The Morgan fingerprint density at radius 2 is 2.28 bits per heavy atom. The molecule has 0 amide bonds. The van der Waals surface area contributed by atoms with Gasteiger partial charge in [0.1, 0.15) is 11.9 Å². The van der Waals surface area contributed by atoms with E-state index in [1.165, 1.54) is 19.3 Å². The first-order valence-corrected chi connectivity index (χ1v) is 6.95. The van der Waals surface area contributed by atoms with Gasteiger partial charge >= 0.3 is 0 Å². The number of hydrazine groups is 1. The van der Waals surface area contributed by atoms with Gasteiger partial charge in [-0.1, -0.05) is 36.9 Å². The Morgan fingerprint density at radius 1 is 1.50 bits per heavy atom. The average Bonchev–Trinajstić information content (AvgIpc) is 2.27. The van der Waals surface area contributed by atoms with Gasteiger partial charge < -0.3 is 4.74 Å². The van der Waals surface area contributed by atoms with E-state index < -0.39 is 0 Å². The first-order chi connectivity index (χ1) is 8.69. The molecular weight excluding hydrogens is 248 g/mol. The number of nitrogens with two attached hydrogens (primary N) is 1. The fourth-order valence-corrected chi connectivity index (χ4v) is 2.50. The maximum Gasteiger partial charge on any atom is 0.121 e. The smallest absolute Gasteiger partial charge is 0.121 e. The summed E-state index contributed by atoms with van der Waals surface area (Å²) in [5.74, 6) is 7.23. The molecule has 0 heterocycles. The number of ether oxygens (including phenoxy) is 1. The maximum absolute atomic E-state index is 5.94. The zero-order valence-corrected chi connectivity index (χ0v) is 11.5. The minimum atomic E-state index is 0.0362. The van der Waals surface area contributed by atoms with Crippen LogP contribution in [0.1, 0.15) is 32.6 Å². The van der Waals surface area contributed by atoms with E-state index in [0.717, 1.165) is 18.1 Å². The minimum Gasteiger partial charge on any atom is -0.489 e. The van der Waals surface area contributed by atoms with Crippen LogP contribution in [0.2, 0.25) is 5.02 Å². The number of nitrogens with one attached hydrogen (secondary N) is 1. The van der Waals surface area contributed by atoms with Crippen molar-refractivity contribution >= 4 is 11.6 Å². The summed E-state index contributed by atoms with van der Waals surface area (Å²) in [5.41, 5.74) is 2.88. The van der Waals surface area contributed by atoms with Crippen LogP contribution >= 0.6 is 11.6 Å². The Hall–Kier alpha value is -0.770. The van der Waals surface area contributed by atoms with Gasteiger partial charge in [-0.15, -0.1) is 0 Å². The molecule has 0 radical (unpaired) electrons. The average molecular weight is 269 g/mol. The van der Waals surface area contributed by atoms with Crippen molar-refractivity contribution in [3.8, 4) is 5.75 Å². The summed E-state index contributed by atoms with van der Waals surface area (Å²) in [6.07, 6.45) is 5.11. The molecule has 1 fully saturated rings. The Bertz CT molecular complexity index is 382. The first kappa shape index (κ1) is 13.7. The normalized spacial score (nSPS) is 19.1. The number of rotatable bonds is 6. The molecule has 0 aromatic heterocycles. The predicted molar refractivity (Wildman–Crippen MR) is 74.6 cm³/mol. The number of hydrogen-bond donors (Lipinski definition) is 2. The lowest BCUT2D eigenvalue weighted by Gasteiger charge is -2.32. The standard InChI is InChI=1S/C14H21ClN2O/c1-10(14(17-16)8-11-4-2-5-11)18-13-7-3-6-12(15)9-13/h3,6-7,9-11,14,17H,2,4-5,8,16H2,1H3. The molecule has 2 atom stereocenters. The fourth-order valence-electron chi connectivity index (χ4n) is 2.32. The van der Waals surface area contributed by atoms with Crippen molar-refractivity contribution in [1.82, 2.24) is 5.43 Å². The zero-order valence-electron chi connectivity index (χ0n) is 10.7. The molecule has 1 aromatic rings. The van der Waals surface area contributed by atoms with E-state index in [0.29, 0.717) is 5.02 Å². The lowest BCUT2D eigenvalue weighted by Crippen LogP contribution is -2.46. The van der Waals surface area contributed by atoms with Crippen LogP contribution in [0.3, 0.4) is 0 Å². The van der Waals surface area contributed by atoms with Gasteiger partial charge in [0.15, 0.2) is 0 Å². The molecule has 0 bridgehead atoms. The van der Waals surface area contributed by atoms with Crippen molar-refractivity contribution < 1.29 is 4.74 Å². The lowest BCUT2D eigenvalue weighted by atomic mass is 9.80. The van der Waals surface area contributed by atoms with Crippen LogP contribution in [0.4, 0.5) is 0 Å². The molecule has 0 spiro atoms. The van der Waals surface area contributed by atoms with Gasteiger partial charge in [-0.3, -0.25) is 11.3 Å². The van der Waals surface area contributed by atoms with Crippen LogP contribution in [-0.2, 0) is 0 Å². The molecule has 1 saturated carbocycles. The van der Waals surface area contributed by atoms with Gasteiger partial charge in [0.2, 0.25) is 0 Å². The number of hydrogen-bond acceptors (Lipinski definition) is 3. The molecule has 18 heavy (non-hydrogen) atoms. The molecule has 3 N–H and O–H groups in total. The van der Waals surface area contributed by atoms with E-state index in [1.54, 1.807) is 0 Å². The van der Waals surface area contributed by atoms with E-state index in [1.807, 2.05) is 31.2 Å². The summed E-state index contributed by atoms with van der Waals surface area (Å²) in [5, 5.41) is 0.691. The highest BCUT2D eigenvalue weighted by molar-refractivity contribution is 6.30. The second-order valence-corrected chi connectivity index (χ2v) is 5.52. The summed E-state index contributed by atoms with van der Waals surface area (Å²) in [4.78, 5) is 0. The van der Waals surface area contributed by atoms with Crippen molar-refractivity contribution in [2.75, 3.05) is 0 Å². The van der Waals surface area contributed by atoms with Crippen molar-refractivity contribution in [2.45, 2.75) is 44.8 Å². The summed E-state index contributed by atoms with van der Waals surface area (Å²) in [7, 11) is 0. The Balaban J connectivity index is 1.89. The summed E-state index contributed by atoms with van der Waals surface area (Å²) < 4.78 is 5.89. The van der Waals surface area contributed by atoms with E-state index in [9.17, 15) is 0 Å². The highest BCUT2D eigenvalue weighted by atomic mass is 35.5. The van der Waals surface area contributed by atoms with Crippen LogP contribution in [0, 0.1) is 5.92 Å². The second-order valence-electron chi connectivity index (χ2n) is 5.09. The Morgan fingerprint density at radius 3 is 2.83 bits per heavy atom. The molecule has 0 saturated heterocycles. The summed E-state index contributed by atoms with van der Waals surface area (Å²) >= 11 is 5.94. The van der Waals surface area contributed by atoms with E-state index in [4.69, 9.17) is 22.2 Å². The lowest BCUT2D eigenvalue weighted by molar-refractivity contribution is 0.137. The fraction of sp³-hybridized carbons (Fsp3) is 0.571. The molecule has 0 aliphatic heterocycles. The third-order valence-corrected chi connectivity index (χ3v) is 3.95. The number of halogens is 1. The number of benzene rings is 1. The highest BCUT2D eigenvalue weighted by Crippen LogP contribution is 2.31. The molecular formula is C14H21ClN2O. The van der Waals surface area contributed by atoms with Crippen LogP contribution in [0.5, 0.6) is 5.75 Å². The third kappa shape index (κ3) is 3.61. The summed E-state index contributed by atoms with van der Waals surface area (Å²) in [6.45, 7) is 2.05. The van der Waals surface area contributed by atoms with Crippen LogP contribution < -0.4 is 16.0 Å². The SMILES string of the molecule is CC(Oc1cccc(Cl)c1)C(CC1CCC1)NN. The second kappa shape index (κ2) is 6.41. The topological polar surface area (TPSA) is 47.3 Å². The van der Waals surface area contributed by atoms with Gasteiger partial charge in [-0.2, -0.15) is 0 Å². The molecule has 1 aliphatic carbocycles. The van der Waals surface area contributed by atoms with Crippen molar-refractivity contribution in [3.63, 3.8) is 0 Å². The van der Waals surface area contributed by atoms with Crippen molar-refractivity contribution in [2.24, 2.45) is 11.8 Å². The maximum atomic E-state index is 5.94. The van der Waals surface area contributed by atoms with E-state index >= 15 is 0 Å². The van der Waals surface area contributed by atoms with E-state index in [2.05, 4.69) is 5.43 Å². The summed E-state index contributed by atoms with van der Waals surface area (Å²) in [6, 6.07) is 7.66. The largest absolute Gasteiger partial charge is 0.489 e. The molecule has 1 aromatic carbocycles. The van der Waals surface area contributed by atoms with Gasteiger partial charge in [0.25, 0.3) is 0 Å². The predicted octanol–water partition coefficient (Wildman–Crippen LogP) is 3.13. The van der Waals surface area contributed by atoms with Crippen LogP contribution in [-0.4, -0.2) is 12.1 Å². The molecule has 1 aliphatic rings. The zero-order chi connectivity index (χ0) is 13.0. The molecule has 2 unspecified atom stereocenters. The van der Waals surface area contributed by atoms with Gasteiger partial charge in [-0.25, -0.2) is 0 Å². The Kier molecular flexibility index (Phi) is 4.87. The molecule has 3 nitrogen and oxygen atoms in total. The first-order valence-electron chi connectivity index (χ1n) is 6.57. The van der Waals surface area contributed by atoms with Crippen LogP contribution in [0.25, 0.3) is 0 Å². The van der Waals surface area contributed by atoms with Crippen molar-refractivity contribution in [3.05, 3.63) is 29.3 Å². The van der Waals surface area contributed by atoms with Gasteiger partial charge in [-0.05, 0) is 37.5 Å². The molecule has 4 heteroatoms. The third-order valence-electron chi connectivity index (χ3n) is 3.71. The van der Waals surface area contributed by atoms with Gasteiger partial charge in [0.05, 0.1) is 6.04 Å². The van der Waals surface area contributed by atoms with E-state index in [-0.39, 0.29) is 12.1 Å². The Labute approximate surface area is 114 Å². The quantitative estimate of drug-likeness (QED) is 0.616. The monoisotopic (exact) mass is 268 g/mol. The minimum absolute atomic E-state index is 0.0362. The molecule has 2 rings (SSSR count). The molecule has 100 valence electrons.